The van der Waals surface area contributed by atoms with Crippen molar-refractivity contribution in [3.05, 3.63) is 62.2 Å². The first-order chi connectivity index (χ1) is 11.6. The fourth-order valence-electron chi connectivity index (χ4n) is 2.51. The molecule has 0 fully saturated rings. The van der Waals surface area contributed by atoms with Gasteiger partial charge in [0.2, 0.25) is 5.69 Å². The second-order valence-corrected chi connectivity index (χ2v) is 7.37. The van der Waals surface area contributed by atoms with Gasteiger partial charge in [-0.2, -0.15) is 0 Å². The molecular formula is C15H9ClN4O2S2. The van der Waals surface area contributed by atoms with Crippen molar-refractivity contribution in [3.8, 4) is 5.88 Å². The summed E-state index contributed by atoms with van der Waals surface area (Å²) >= 11 is 8.52. The molecule has 0 spiro atoms. The highest BCUT2D eigenvalue weighted by Crippen LogP contribution is 2.24. The van der Waals surface area contributed by atoms with Crippen LogP contribution in [0.4, 0.5) is 0 Å². The summed E-state index contributed by atoms with van der Waals surface area (Å²) in [5.74, 6) is -0.750. The van der Waals surface area contributed by atoms with E-state index in [-0.39, 0.29) is 23.1 Å². The van der Waals surface area contributed by atoms with Crippen molar-refractivity contribution in [1.82, 2.24) is 14.5 Å². The van der Waals surface area contributed by atoms with Gasteiger partial charge in [-0.1, -0.05) is 17.7 Å². The van der Waals surface area contributed by atoms with E-state index in [1.807, 2.05) is 6.07 Å². The van der Waals surface area contributed by atoms with E-state index in [0.29, 0.717) is 16.7 Å². The molecule has 0 aliphatic carbocycles. The lowest BCUT2D eigenvalue weighted by Gasteiger charge is -2.03. The predicted molar refractivity (Wildman–Crippen MR) is 88.8 cm³/mol. The lowest BCUT2D eigenvalue weighted by molar-refractivity contribution is -0.582. The van der Waals surface area contributed by atoms with Crippen LogP contribution in [0.3, 0.4) is 0 Å². The molecule has 0 atom stereocenters. The number of hydrogen-bond donors (Lipinski definition) is 0. The molecule has 4 aromatic rings. The van der Waals surface area contributed by atoms with Gasteiger partial charge in [-0.05, 0) is 6.07 Å². The molecule has 0 radical (unpaired) electrons. The summed E-state index contributed by atoms with van der Waals surface area (Å²) in [6.07, 6.45) is 3.29. The number of imidazole rings is 1. The highest BCUT2D eigenvalue weighted by Gasteiger charge is 2.28. The normalized spacial score (nSPS) is 11.2. The molecule has 0 aliphatic rings. The maximum atomic E-state index is 12.8. The molecule has 120 valence electrons. The van der Waals surface area contributed by atoms with Gasteiger partial charge in [0.1, 0.15) is 18.1 Å². The maximum absolute atomic E-state index is 12.8. The second-order valence-electron chi connectivity index (χ2n) is 4.95. The van der Waals surface area contributed by atoms with Gasteiger partial charge in [-0.15, -0.1) is 22.7 Å². The van der Waals surface area contributed by atoms with E-state index in [0.717, 1.165) is 4.88 Å². The first kappa shape index (κ1) is 15.3. The molecule has 0 aromatic carbocycles. The minimum absolute atomic E-state index is 0.0802. The zero-order valence-corrected chi connectivity index (χ0v) is 14.4. The van der Waals surface area contributed by atoms with E-state index in [1.54, 1.807) is 40.0 Å². The lowest BCUT2D eigenvalue weighted by atomic mass is 10.2. The number of carbonyl (C=O) groups is 1. The van der Waals surface area contributed by atoms with Crippen LogP contribution < -0.4 is 9.51 Å². The Morgan fingerprint density at radius 2 is 2.25 bits per heavy atom. The number of ketones is 1. The van der Waals surface area contributed by atoms with Crippen LogP contribution in [0.2, 0.25) is 4.47 Å². The third kappa shape index (κ3) is 2.48. The summed E-state index contributed by atoms with van der Waals surface area (Å²) in [6, 6.07) is 5.36. The quantitative estimate of drug-likeness (QED) is 0.404. The number of rotatable bonds is 4. The Hall–Kier alpha value is -2.29. The van der Waals surface area contributed by atoms with Crippen molar-refractivity contribution in [3.63, 3.8) is 0 Å². The molecular weight excluding hydrogens is 368 g/mol. The number of nitrogens with zero attached hydrogens (tertiary/aromatic N) is 4. The Bertz CT molecular complexity index is 1040. The third-order valence-corrected chi connectivity index (χ3v) is 5.21. The van der Waals surface area contributed by atoms with Crippen molar-refractivity contribution in [2.45, 2.75) is 6.54 Å². The van der Waals surface area contributed by atoms with Gasteiger partial charge in [0, 0.05) is 17.6 Å². The first-order valence-corrected chi connectivity index (χ1v) is 9.02. The number of fused-ring (bicyclic) bond motifs is 1. The zero-order chi connectivity index (χ0) is 16.7. The molecule has 4 heterocycles. The molecule has 0 saturated heterocycles. The molecule has 9 heteroatoms. The number of aromatic nitrogens is 4. The van der Waals surface area contributed by atoms with Gasteiger partial charge >= 0.3 is 0 Å². The van der Waals surface area contributed by atoms with Crippen LogP contribution in [0.15, 0.2) is 41.5 Å². The summed E-state index contributed by atoms with van der Waals surface area (Å²) in [5.41, 5.74) is 2.55. The molecule has 0 bridgehead atoms. The summed E-state index contributed by atoms with van der Waals surface area (Å²) < 4.78 is 3.57. The molecule has 6 nitrogen and oxygen atoms in total. The van der Waals surface area contributed by atoms with Crippen molar-refractivity contribution in [2.75, 3.05) is 0 Å². The predicted octanol–water partition coefficient (Wildman–Crippen LogP) is 2.15. The number of halogens is 1. The van der Waals surface area contributed by atoms with Crippen LogP contribution in [0.25, 0.3) is 5.65 Å². The Labute approximate surface area is 149 Å². The molecule has 0 aliphatic heterocycles. The van der Waals surface area contributed by atoms with Crippen molar-refractivity contribution in [2.24, 2.45) is 0 Å². The number of hydrogen-bond acceptors (Lipinski definition) is 6. The average Bonchev–Trinajstić information content (AvgIpc) is 3.30. The number of carbonyl (C=O) groups excluding carboxylic acids is 1. The van der Waals surface area contributed by atoms with E-state index in [2.05, 4.69) is 9.97 Å². The van der Waals surface area contributed by atoms with Crippen LogP contribution in [-0.2, 0) is 6.54 Å². The van der Waals surface area contributed by atoms with Crippen LogP contribution in [0, 0.1) is 0 Å². The average molecular weight is 377 g/mol. The first-order valence-electron chi connectivity index (χ1n) is 6.88. The molecule has 0 unspecified atom stereocenters. The summed E-state index contributed by atoms with van der Waals surface area (Å²) in [5, 5.41) is 14.4. The van der Waals surface area contributed by atoms with E-state index in [1.165, 1.54) is 27.1 Å². The summed E-state index contributed by atoms with van der Waals surface area (Å²) in [7, 11) is 0. The highest BCUT2D eigenvalue weighted by molar-refractivity contribution is 7.15. The monoisotopic (exact) mass is 376 g/mol. The molecule has 24 heavy (non-hydrogen) atoms. The Balaban J connectivity index is 1.92. The fraction of sp³-hybridized carbons (Fsp3) is 0.0667. The number of pyridine rings is 1. The molecule has 4 aromatic heterocycles. The largest absolute Gasteiger partial charge is 0.839 e. The van der Waals surface area contributed by atoms with Gasteiger partial charge in [-0.3, -0.25) is 4.79 Å². The minimum Gasteiger partial charge on any atom is -0.839 e. The number of thiazole rings is 2. The van der Waals surface area contributed by atoms with E-state index < -0.39 is 0 Å². The smallest absolute Gasteiger partial charge is 0.286 e. The van der Waals surface area contributed by atoms with Gasteiger partial charge < -0.3 is 5.11 Å². The van der Waals surface area contributed by atoms with Crippen molar-refractivity contribution < 1.29 is 14.3 Å². The second kappa shape index (κ2) is 5.97. The van der Waals surface area contributed by atoms with Crippen LogP contribution in [0.1, 0.15) is 21.1 Å². The molecule has 4 rings (SSSR count). The van der Waals surface area contributed by atoms with Gasteiger partial charge in [0.15, 0.2) is 4.47 Å². The minimum atomic E-state index is -0.388. The van der Waals surface area contributed by atoms with Crippen LogP contribution in [0.5, 0.6) is 5.88 Å². The van der Waals surface area contributed by atoms with Crippen molar-refractivity contribution in [1.29, 1.82) is 0 Å². The Morgan fingerprint density at radius 3 is 2.96 bits per heavy atom. The maximum Gasteiger partial charge on any atom is 0.286 e. The van der Waals surface area contributed by atoms with Gasteiger partial charge in [0.05, 0.1) is 16.6 Å². The van der Waals surface area contributed by atoms with E-state index in [4.69, 9.17) is 11.6 Å². The van der Waals surface area contributed by atoms with Crippen LogP contribution in [-0.4, -0.2) is 20.3 Å². The van der Waals surface area contributed by atoms with E-state index in [9.17, 15) is 9.90 Å². The SMILES string of the molecule is O=C(c1cscn1)c1c([O-])[n+]2ccccc2n1Cc1cnc(Cl)s1. The summed E-state index contributed by atoms with van der Waals surface area (Å²) in [6.45, 7) is 0.339. The lowest BCUT2D eigenvalue weighted by Crippen LogP contribution is -2.24. The summed E-state index contributed by atoms with van der Waals surface area (Å²) in [4.78, 5) is 21.7. The zero-order valence-electron chi connectivity index (χ0n) is 12.0. The van der Waals surface area contributed by atoms with Gasteiger partial charge in [-0.25, -0.2) is 18.9 Å². The third-order valence-electron chi connectivity index (χ3n) is 3.53. The van der Waals surface area contributed by atoms with E-state index >= 15 is 0 Å². The topological polar surface area (TPSA) is 74.9 Å². The Morgan fingerprint density at radius 1 is 1.38 bits per heavy atom. The van der Waals surface area contributed by atoms with Crippen molar-refractivity contribution >= 4 is 45.7 Å². The fourth-order valence-corrected chi connectivity index (χ4v) is 4.01. The standard InChI is InChI=1S/C15H9ClN4O2S2/c16-15-17-5-9(24-15)6-20-11-3-1-2-4-19(11)14(22)12(20)13(21)10-7-23-8-18-10/h1-5,7-8H,6H2. The highest BCUT2D eigenvalue weighted by atomic mass is 35.5. The molecule has 0 N–H and O–H groups in total. The molecule has 0 saturated carbocycles. The van der Waals surface area contributed by atoms with Gasteiger partial charge in [0.25, 0.3) is 11.4 Å². The van der Waals surface area contributed by atoms with Crippen LogP contribution >= 0.6 is 34.3 Å². The molecule has 0 amide bonds. The Kier molecular flexibility index (Phi) is 3.79.